The van der Waals surface area contributed by atoms with Gasteiger partial charge in [0.05, 0.1) is 29.2 Å². The SMILES string of the molecule is C=CCN(C(=O)[C@@H]1[C@@H]2CCC3(S2)C(C(=O)N(CC=C)c2c(C)cccc2C)N([C@@H](CC)CO)C(=O)[C@H]13)c1ccccc1. The quantitative estimate of drug-likeness (QED) is 0.378. The van der Waals surface area contributed by atoms with Crippen LogP contribution in [0, 0.1) is 25.7 Å². The van der Waals surface area contributed by atoms with E-state index >= 15 is 0 Å². The summed E-state index contributed by atoms with van der Waals surface area (Å²) in [6.07, 6.45) is 5.33. The Balaban J connectivity index is 1.61. The van der Waals surface area contributed by atoms with Crippen LogP contribution >= 0.6 is 11.8 Å². The third-order valence-electron chi connectivity index (χ3n) is 9.27. The number of para-hydroxylation sites is 2. The number of likely N-dealkylation sites (tertiary alicyclic amines) is 1. The molecule has 0 aliphatic carbocycles. The van der Waals surface area contributed by atoms with Gasteiger partial charge >= 0.3 is 0 Å². The number of hydrogen-bond donors (Lipinski definition) is 1. The van der Waals surface area contributed by atoms with Gasteiger partial charge in [-0.05, 0) is 56.4 Å². The van der Waals surface area contributed by atoms with Crippen LogP contribution in [-0.4, -0.2) is 69.5 Å². The Bertz CT molecular complexity index is 1360. The fraction of sp³-hybridized carbons (Fsp3) is 0.441. The monoisotopic (exact) mass is 587 g/mol. The summed E-state index contributed by atoms with van der Waals surface area (Å²) in [5.41, 5.74) is 3.50. The van der Waals surface area contributed by atoms with Crippen LogP contribution in [0.1, 0.15) is 37.3 Å². The van der Waals surface area contributed by atoms with Crippen LogP contribution in [0.2, 0.25) is 0 Å². The topological polar surface area (TPSA) is 81.2 Å². The van der Waals surface area contributed by atoms with Gasteiger partial charge in [-0.25, -0.2) is 0 Å². The standard InChI is InChI=1S/C34H41N3O4S/c1-6-19-35(25-15-10-9-11-16-25)31(39)27-26-17-18-34(42-26)28(27)32(40)37(24(8-3)21-38)30(34)33(41)36(20-7-2)29-22(4)13-12-14-23(29)5/h6-7,9-16,24,26-28,30,38H,1-2,8,17-21H2,3-5H3/t24-,26-,27+,28-,30?,34?/m0/s1. The first-order chi connectivity index (χ1) is 20.2. The van der Waals surface area contributed by atoms with Crippen molar-refractivity contribution in [1.29, 1.82) is 0 Å². The molecular formula is C34H41N3O4S. The Labute approximate surface area is 253 Å². The van der Waals surface area contributed by atoms with E-state index in [0.29, 0.717) is 19.4 Å². The highest BCUT2D eigenvalue weighted by molar-refractivity contribution is 8.02. The third-order valence-corrected chi connectivity index (χ3v) is 11.2. The van der Waals surface area contributed by atoms with E-state index in [4.69, 9.17) is 0 Å². The Morgan fingerprint density at radius 1 is 1.05 bits per heavy atom. The molecule has 0 radical (unpaired) electrons. The van der Waals surface area contributed by atoms with E-state index in [-0.39, 0.29) is 36.1 Å². The van der Waals surface area contributed by atoms with Crippen LogP contribution < -0.4 is 9.80 Å². The second kappa shape index (κ2) is 12.1. The van der Waals surface area contributed by atoms with Crippen molar-refractivity contribution in [2.75, 3.05) is 29.5 Å². The van der Waals surface area contributed by atoms with E-state index in [0.717, 1.165) is 28.9 Å². The first-order valence-electron chi connectivity index (χ1n) is 14.8. The highest BCUT2D eigenvalue weighted by Gasteiger charge is 2.74. The summed E-state index contributed by atoms with van der Waals surface area (Å²) >= 11 is 1.65. The predicted molar refractivity (Wildman–Crippen MR) is 170 cm³/mol. The summed E-state index contributed by atoms with van der Waals surface area (Å²) in [6.45, 7) is 14.1. The molecule has 222 valence electrons. The first-order valence-corrected chi connectivity index (χ1v) is 15.7. The number of anilines is 2. The van der Waals surface area contributed by atoms with Gasteiger partial charge in [-0.1, -0.05) is 55.5 Å². The van der Waals surface area contributed by atoms with Crippen LogP contribution in [-0.2, 0) is 14.4 Å². The Kier molecular flexibility index (Phi) is 8.67. The smallest absolute Gasteiger partial charge is 0.251 e. The number of carbonyl (C=O) groups is 3. The summed E-state index contributed by atoms with van der Waals surface area (Å²) in [5, 5.41) is 10.4. The van der Waals surface area contributed by atoms with Gasteiger partial charge in [-0.15, -0.1) is 24.9 Å². The minimum Gasteiger partial charge on any atom is -0.394 e. The molecule has 3 aliphatic heterocycles. The molecule has 7 nitrogen and oxygen atoms in total. The van der Waals surface area contributed by atoms with Crippen molar-refractivity contribution in [3.8, 4) is 0 Å². The lowest BCUT2D eigenvalue weighted by Gasteiger charge is -2.40. The molecule has 8 heteroatoms. The number of benzene rings is 2. The number of thioether (sulfide) groups is 1. The summed E-state index contributed by atoms with van der Waals surface area (Å²) in [5.74, 6) is -1.71. The number of nitrogens with zero attached hydrogens (tertiary/aromatic N) is 3. The maximum absolute atomic E-state index is 14.9. The zero-order valence-corrected chi connectivity index (χ0v) is 25.6. The lowest BCUT2D eigenvalue weighted by atomic mass is 9.70. The second-order valence-electron chi connectivity index (χ2n) is 11.6. The second-order valence-corrected chi connectivity index (χ2v) is 13.2. The number of amides is 3. The van der Waals surface area contributed by atoms with E-state index in [2.05, 4.69) is 13.2 Å². The zero-order valence-electron chi connectivity index (χ0n) is 24.7. The Hall–Kier alpha value is -3.36. The van der Waals surface area contributed by atoms with Crippen LogP contribution in [0.25, 0.3) is 0 Å². The summed E-state index contributed by atoms with van der Waals surface area (Å²) in [4.78, 5) is 48.9. The van der Waals surface area contributed by atoms with E-state index < -0.39 is 28.7 Å². The molecule has 1 spiro atoms. The summed E-state index contributed by atoms with van der Waals surface area (Å²) in [7, 11) is 0. The first kappa shape index (κ1) is 30.1. The maximum Gasteiger partial charge on any atom is 0.251 e. The van der Waals surface area contributed by atoms with Crippen molar-refractivity contribution in [3.63, 3.8) is 0 Å². The molecule has 3 amide bonds. The molecule has 3 fully saturated rings. The van der Waals surface area contributed by atoms with Gasteiger partial charge in [0.25, 0.3) is 5.91 Å². The van der Waals surface area contributed by atoms with Gasteiger partial charge in [0.15, 0.2) is 0 Å². The van der Waals surface area contributed by atoms with E-state index in [9.17, 15) is 19.5 Å². The van der Waals surface area contributed by atoms with Gasteiger partial charge in [0.2, 0.25) is 11.8 Å². The van der Waals surface area contributed by atoms with Crippen molar-refractivity contribution in [2.45, 2.75) is 62.1 Å². The molecule has 3 saturated heterocycles. The minimum atomic E-state index is -0.802. The molecule has 2 aromatic carbocycles. The molecule has 0 aromatic heterocycles. The number of aryl methyl sites for hydroxylation is 2. The van der Waals surface area contributed by atoms with Crippen LogP contribution in [0.5, 0.6) is 0 Å². The number of hydrogen-bond acceptors (Lipinski definition) is 5. The highest BCUT2D eigenvalue weighted by Crippen LogP contribution is 2.67. The van der Waals surface area contributed by atoms with Crippen molar-refractivity contribution in [1.82, 2.24) is 4.90 Å². The summed E-state index contributed by atoms with van der Waals surface area (Å²) < 4.78 is -0.756. The summed E-state index contributed by atoms with van der Waals surface area (Å²) in [6, 6.07) is 14.1. The number of fused-ring (bicyclic) bond motifs is 1. The minimum absolute atomic E-state index is 0.0674. The number of aliphatic hydroxyl groups excluding tert-OH is 1. The fourth-order valence-corrected chi connectivity index (χ4v) is 9.69. The van der Waals surface area contributed by atoms with Gasteiger partial charge < -0.3 is 19.8 Å². The highest BCUT2D eigenvalue weighted by atomic mass is 32.2. The molecule has 0 saturated carbocycles. The molecule has 5 rings (SSSR count). The van der Waals surface area contributed by atoms with Gasteiger partial charge in [-0.3, -0.25) is 14.4 Å². The molecule has 3 heterocycles. The van der Waals surface area contributed by atoms with E-state index in [1.165, 1.54) is 0 Å². The molecular weight excluding hydrogens is 546 g/mol. The predicted octanol–water partition coefficient (Wildman–Crippen LogP) is 4.90. The maximum atomic E-state index is 14.9. The lowest BCUT2D eigenvalue weighted by Crippen LogP contribution is -2.57. The molecule has 42 heavy (non-hydrogen) atoms. The zero-order chi connectivity index (χ0) is 30.2. The van der Waals surface area contributed by atoms with Crippen molar-refractivity contribution in [2.24, 2.45) is 11.8 Å². The lowest BCUT2D eigenvalue weighted by molar-refractivity contribution is -0.141. The molecule has 3 aliphatic rings. The van der Waals surface area contributed by atoms with Gasteiger partial charge in [-0.2, -0.15) is 0 Å². The van der Waals surface area contributed by atoms with Crippen LogP contribution in [0.4, 0.5) is 11.4 Å². The van der Waals surface area contributed by atoms with Crippen molar-refractivity contribution in [3.05, 3.63) is 85.0 Å². The molecule has 2 unspecified atom stereocenters. The van der Waals surface area contributed by atoms with Crippen molar-refractivity contribution < 1.29 is 19.5 Å². The molecule has 2 bridgehead atoms. The normalized spacial score (nSPS) is 26.6. The average Bonchev–Trinajstić information content (AvgIpc) is 3.63. The number of carbonyl (C=O) groups excluding carboxylic acids is 3. The number of aliphatic hydroxyl groups is 1. The number of rotatable bonds is 11. The molecule has 6 atom stereocenters. The largest absolute Gasteiger partial charge is 0.394 e. The average molecular weight is 588 g/mol. The van der Waals surface area contributed by atoms with Crippen LogP contribution in [0.15, 0.2) is 73.8 Å². The van der Waals surface area contributed by atoms with E-state index in [1.807, 2.05) is 69.3 Å². The Morgan fingerprint density at radius 2 is 1.69 bits per heavy atom. The molecule has 2 aromatic rings. The van der Waals surface area contributed by atoms with Crippen LogP contribution in [0.3, 0.4) is 0 Å². The fourth-order valence-electron chi connectivity index (χ4n) is 7.50. The van der Waals surface area contributed by atoms with E-state index in [1.54, 1.807) is 38.6 Å². The van der Waals surface area contributed by atoms with Crippen molar-refractivity contribution >= 4 is 40.9 Å². The third kappa shape index (κ3) is 4.69. The van der Waals surface area contributed by atoms with Gasteiger partial charge in [0.1, 0.15) is 6.04 Å². The molecule has 1 N–H and O–H groups in total. The Morgan fingerprint density at radius 3 is 2.29 bits per heavy atom. The van der Waals surface area contributed by atoms with Gasteiger partial charge in [0, 0.05) is 29.7 Å².